The molecule has 3 heteroatoms. The average Bonchev–Trinajstić information content (AvgIpc) is 2.44. The van der Waals surface area contributed by atoms with E-state index in [0.29, 0.717) is 5.91 Å². The van der Waals surface area contributed by atoms with Crippen molar-refractivity contribution >= 4 is 18.5 Å². The van der Waals surface area contributed by atoms with Gasteiger partial charge in [-0.15, -0.1) is 0 Å². The molecule has 15 heavy (non-hydrogen) atoms. The van der Waals surface area contributed by atoms with E-state index < -0.39 is 0 Å². The van der Waals surface area contributed by atoms with Gasteiger partial charge >= 0.3 is 0 Å². The number of carbonyl (C=O) groups is 1. The first-order chi connectivity index (χ1) is 7.34. The summed E-state index contributed by atoms with van der Waals surface area (Å²) in [7, 11) is 0. The highest BCUT2D eigenvalue weighted by molar-refractivity contribution is 7.80. The number of amides is 1. The summed E-state index contributed by atoms with van der Waals surface area (Å²) in [6, 6.07) is 0. The largest absolute Gasteiger partial charge is 0.343 e. The Morgan fingerprint density at radius 3 is 2.67 bits per heavy atom. The van der Waals surface area contributed by atoms with Gasteiger partial charge in [0.15, 0.2) is 0 Å². The fraction of sp³-hybridized carbons (Fsp3) is 0.917. The average molecular weight is 229 g/mol. The quantitative estimate of drug-likeness (QED) is 0.548. The molecule has 0 atom stereocenters. The van der Waals surface area contributed by atoms with E-state index in [2.05, 4.69) is 17.5 Å². The number of likely N-dealkylation sites (tertiary alicyclic amines) is 1. The molecule has 88 valence electrons. The van der Waals surface area contributed by atoms with Crippen LogP contribution in [-0.4, -0.2) is 29.6 Å². The molecule has 0 aromatic heterocycles. The number of rotatable bonds is 6. The highest BCUT2D eigenvalue weighted by Gasteiger charge is 2.15. The van der Waals surface area contributed by atoms with Crippen LogP contribution >= 0.6 is 12.6 Å². The molecule has 0 saturated carbocycles. The van der Waals surface area contributed by atoms with Gasteiger partial charge in [0.25, 0.3) is 0 Å². The molecule has 0 radical (unpaired) electrons. The maximum atomic E-state index is 11.6. The van der Waals surface area contributed by atoms with Gasteiger partial charge in [0.1, 0.15) is 0 Å². The zero-order chi connectivity index (χ0) is 10.9. The van der Waals surface area contributed by atoms with Crippen molar-refractivity contribution in [2.45, 2.75) is 51.4 Å². The van der Waals surface area contributed by atoms with Crippen molar-refractivity contribution in [3.05, 3.63) is 0 Å². The molecular weight excluding hydrogens is 206 g/mol. The van der Waals surface area contributed by atoms with E-state index in [-0.39, 0.29) is 0 Å². The molecule has 0 N–H and O–H groups in total. The topological polar surface area (TPSA) is 20.3 Å². The zero-order valence-corrected chi connectivity index (χ0v) is 10.5. The molecule has 0 unspecified atom stereocenters. The van der Waals surface area contributed by atoms with Gasteiger partial charge in [0.05, 0.1) is 0 Å². The van der Waals surface area contributed by atoms with Crippen LogP contribution in [0.2, 0.25) is 0 Å². The van der Waals surface area contributed by atoms with Crippen molar-refractivity contribution in [2.24, 2.45) is 0 Å². The van der Waals surface area contributed by atoms with E-state index >= 15 is 0 Å². The number of nitrogens with zero attached hydrogens (tertiary/aromatic N) is 1. The Kier molecular flexibility index (Phi) is 6.90. The van der Waals surface area contributed by atoms with Crippen LogP contribution in [0.3, 0.4) is 0 Å². The van der Waals surface area contributed by atoms with Crippen LogP contribution in [0.1, 0.15) is 51.4 Å². The predicted molar refractivity (Wildman–Crippen MR) is 67.4 cm³/mol. The van der Waals surface area contributed by atoms with Gasteiger partial charge in [-0.1, -0.05) is 19.3 Å². The van der Waals surface area contributed by atoms with Gasteiger partial charge in [-0.2, -0.15) is 12.6 Å². The molecule has 1 fully saturated rings. The Bertz CT molecular complexity index is 184. The van der Waals surface area contributed by atoms with Crippen LogP contribution in [-0.2, 0) is 4.79 Å². The molecule has 2 nitrogen and oxygen atoms in total. The number of hydrogen-bond donors (Lipinski definition) is 1. The Morgan fingerprint density at radius 1 is 1.07 bits per heavy atom. The summed E-state index contributed by atoms with van der Waals surface area (Å²) in [6.07, 6.45) is 9.16. The van der Waals surface area contributed by atoms with E-state index in [9.17, 15) is 4.79 Å². The van der Waals surface area contributed by atoms with Crippen LogP contribution in [0.25, 0.3) is 0 Å². The Morgan fingerprint density at radius 2 is 1.87 bits per heavy atom. The summed E-state index contributed by atoms with van der Waals surface area (Å²) >= 11 is 4.19. The van der Waals surface area contributed by atoms with Gasteiger partial charge in [-0.05, 0) is 31.4 Å². The van der Waals surface area contributed by atoms with E-state index in [1.165, 1.54) is 38.5 Å². The maximum Gasteiger partial charge on any atom is 0.222 e. The molecule has 1 aliphatic rings. The first-order valence-corrected chi connectivity index (χ1v) is 6.86. The van der Waals surface area contributed by atoms with Gasteiger partial charge in [-0.25, -0.2) is 0 Å². The molecule has 1 saturated heterocycles. The van der Waals surface area contributed by atoms with E-state index in [0.717, 1.165) is 31.7 Å². The second kappa shape index (κ2) is 8.03. The Hall–Kier alpha value is -0.180. The van der Waals surface area contributed by atoms with E-state index in [1.807, 2.05) is 0 Å². The number of hydrogen-bond acceptors (Lipinski definition) is 2. The van der Waals surface area contributed by atoms with Crippen molar-refractivity contribution in [3.8, 4) is 0 Å². The summed E-state index contributed by atoms with van der Waals surface area (Å²) in [5, 5.41) is 0. The predicted octanol–water partition coefficient (Wildman–Crippen LogP) is 2.88. The molecule has 0 bridgehead atoms. The molecule has 0 aliphatic carbocycles. The van der Waals surface area contributed by atoms with E-state index in [4.69, 9.17) is 0 Å². The second-order valence-electron chi connectivity index (χ2n) is 4.33. The first kappa shape index (κ1) is 12.9. The molecule has 1 amide bonds. The Labute approximate surface area is 98.8 Å². The normalized spacial score (nSPS) is 17.9. The lowest BCUT2D eigenvalue weighted by atomic mass is 10.2. The third-order valence-electron chi connectivity index (χ3n) is 3.01. The minimum atomic E-state index is 0.377. The molecule has 1 rings (SSSR count). The lowest BCUT2D eigenvalue weighted by molar-refractivity contribution is -0.130. The third kappa shape index (κ3) is 5.45. The summed E-state index contributed by atoms with van der Waals surface area (Å²) < 4.78 is 0. The van der Waals surface area contributed by atoms with Crippen molar-refractivity contribution in [1.29, 1.82) is 0 Å². The standard InChI is InChI=1S/C12H23NOS/c14-12-8-4-3-6-10-13(12)9-5-1-2-7-11-15/h15H,1-11H2. The van der Waals surface area contributed by atoms with Crippen LogP contribution < -0.4 is 0 Å². The van der Waals surface area contributed by atoms with Gasteiger partial charge < -0.3 is 4.90 Å². The summed E-state index contributed by atoms with van der Waals surface area (Å²) in [4.78, 5) is 13.7. The van der Waals surface area contributed by atoms with Gasteiger partial charge in [0, 0.05) is 19.5 Å². The van der Waals surface area contributed by atoms with Crippen LogP contribution in [0.4, 0.5) is 0 Å². The van der Waals surface area contributed by atoms with E-state index in [1.54, 1.807) is 0 Å². The van der Waals surface area contributed by atoms with Crippen LogP contribution in [0.5, 0.6) is 0 Å². The number of thiol groups is 1. The maximum absolute atomic E-state index is 11.6. The smallest absolute Gasteiger partial charge is 0.222 e. The number of carbonyl (C=O) groups excluding carboxylic acids is 1. The minimum Gasteiger partial charge on any atom is -0.343 e. The molecule has 0 spiro atoms. The van der Waals surface area contributed by atoms with Crippen molar-refractivity contribution < 1.29 is 4.79 Å². The lowest BCUT2D eigenvalue weighted by Gasteiger charge is -2.20. The van der Waals surface area contributed by atoms with Crippen molar-refractivity contribution in [1.82, 2.24) is 4.90 Å². The van der Waals surface area contributed by atoms with Crippen LogP contribution in [0.15, 0.2) is 0 Å². The third-order valence-corrected chi connectivity index (χ3v) is 3.32. The number of unbranched alkanes of at least 4 members (excludes halogenated alkanes) is 3. The summed E-state index contributed by atoms with van der Waals surface area (Å²) in [5.41, 5.74) is 0. The fourth-order valence-corrected chi connectivity index (χ4v) is 2.27. The monoisotopic (exact) mass is 229 g/mol. The molecule has 1 heterocycles. The Balaban J connectivity index is 2.10. The second-order valence-corrected chi connectivity index (χ2v) is 4.78. The van der Waals surface area contributed by atoms with Gasteiger partial charge in [-0.3, -0.25) is 4.79 Å². The van der Waals surface area contributed by atoms with Gasteiger partial charge in [0.2, 0.25) is 5.91 Å². The SMILES string of the molecule is O=C1CCCCCN1CCCCCCS. The zero-order valence-electron chi connectivity index (χ0n) is 9.58. The molecule has 0 aromatic carbocycles. The van der Waals surface area contributed by atoms with Crippen LogP contribution in [0, 0.1) is 0 Å². The summed E-state index contributed by atoms with van der Waals surface area (Å²) in [6.45, 7) is 1.97. The lowest BCUT2D eigenvalue weighted by Crippen LogP contribution is -2.31. The minimum absolute atomic E-state index is 0.377. The molecule has 1 aliphatic heterocycles. The summed E-state index contributed by atoms with van der Waals surface area (Å²) in [5.74, 6) is 1.37. The molecule has 0 aromatic rings. The van der Waals surface area contributed by atoms with Crippen molar-refractivity contribution in [2.75, 3.05) is 18.8 Å². The fourth-order valence-electron chi connectivity index (χ4n) is 2.04. The van der Waals surface area contributed by atoms with Crippen molar-refractivity contribution in [3.63, 3.8) is 0 Å². The highest BCUT2D eigenvalue weighted by Crippen LogP contribution is 2.12. The molecular formula is C12H23NOS. The first-order valence-electron chi connectivity index (χ1n) is 6.23. The highest BCUT2D eigenvalue weighted by atomic mass is 32.1.